The molecule has 1 aromatic rings. The molecule has 3 nitrogen and oxygen atoms in total. The molecule has 0 atom stereocenters. The van der Waals surface area contributed by atoms with Crippen LogP contribution in [0.5, 0.6) is 5.75 Å². The van der Waals surface area contributed by atoms with Crippen molar-refractivity contribution in [3.63, 3.8) is 0 Å². The zero-order valence-electron chi connectivity index (χ0n) is 17.5. The molecule has 0 aliphatic carbocycles. The van der Waals surface area contributed by atoms with Gasteiger partial charge in [-0.2, -0.15) is 0 Å². The van der Waals surface area contributed by atoms with Crippen LogP contribution in [0.1, 0.15) is 62.3 Å². The summed E-state index contributed by atoms with van der Waals surface area (Å²) in [5, 5.41) is 8.25. The SMILES string of the molecule is CC(C)(C)C(=O)O.CC(C)[Si](Oc1cc[c]([Zn])cc1)(C(C)C)C(C)C. The standard InChI is InChI=1S/C15H25OSi.C5H10O2.Zn/c1-12(2)17(13(3)4,14(5)6)16-15-10-8-7-9-11-15;1-5(2,3)4(6)7;/h8-14H,1-6H3;1-3H3,(H,6,7);. The first-order valence-corrected chi connectivity index (χ1v) is 12.7. The van der Waals surface area contributed by atoms with Crippen molar-refractivity contribution < 1.29 is 32.6 Å². The van der Waals surface area contributed by atoms with E-state index in [9.17, 15) is 4.79 Å². The summed E-state index contributed by atoms with van der Waals surface area (Å²) in [6.07, 6.45) is 0. The molecule has 0 radical (unpaired) electrons. The van der Waals surface area contributed by atoms with Gasteiger partial charge in [-0.1, -0.05) is 0 Å². The fraction of sp³-hybridized carbons (Fsp3) is 0.650. The number of carboxylic acid groups (broad SMARTS) is 1. The maximum absolute atomic E-state index is 10.0. The van der Waals surface area contributed by atoms with Crippen molar-refractivity contribution >= 4 is 18.4 Å². The van der Waals surface area contributed by atoms with Crippen LogP contribution in [-0.4, -0.2) is 19.4 Å². The molecule has 1 N–H and O–H groups in total. The first-order valence-electron chi connectivity index (χ1n) is 9.09. The van der Waals surface area contributed by atoms with Gasteiger partial charge in [-0.3, -0.25) is 4.79 Å². The zero-order valence-corrected chi connectivity index (χ0v) is 21.5. The number of benzene rings is 1. The molecule has 0 aromatic heterocycles. The summed E-state index contributed by atoms with van der Waals surface area (Å²) in [6, 6.07) is 8.67. The molecule has 1 aromatic carbocycles. The third-order valence-electron chi connectivity index (χ3n) is 4.57. The van der Waals surface area contributed by atoms with E-state index in [2.05, 4.69) is 65.8 Å². The van der Waals surface area contributed by atoms with E-state index in [4.69, 9.17) is 9.53 Å². The van der Waals surface area contributed by atoms with E-state index in [1.54, 1.807) is 20.8 Å². The predicted molar refractivity (Wildman–Crippen MR) is 105 cm³/mol. The number of aliphatic carboxylic acids is 1. The van der Waals surface area contributed by atoms with Gasteiger partial charge in [-0.15, -0.1) is 0 Å². The Morgan fingerprint density at radius 3 is 1.52 bits per heavy atom. The molecule has 5 heteroatoms. The molecule has 0 fully saturated rings. The topological polar surface area (TPSA) is 46.5 Å². The molecule has 0 amide bonds. The molecule has 0 aliphatic rings. The quantitative estimate of drug-likeness (QED) is 0.642. The number of rotatable bonds is 5. The Morgan fingerprint density at radius 1 is 0.960 bits per heavy atom. The third kappa shape index (κ3) is 7.22. The van der Waals surface area contributed by atoms with Crippen LogP contribution in [0.15, 0.2) is 24.3 Å². The van der Waals surface area contributed by atoms with Gasteiger partial charge in [0.15, 0.2) is 0 Å². The van der Waals surface area contributed by atoms with Gasteiger partial charge in [0.25, 0.3) is 0 Å². The van der Waals surface area contributed by atoms with E-state index in [-0.39, 0.29) is 0 Å². The van der Waals surface area contributed by atoms with Crippen LogP contribution >= 0.6 is 0 Å². The summed E-state index contributed by atoms with van der Waals surface area (Å²) in [5.74, 6) is 0.308. The molecule has 25 heavy (non-hydrogen) atoms. The van der Waals surface area contributed by atoms with Crippen LogP contribution in [0.25, 0.3) is 0 Å². The third-order valence-corrected chi connectivity index (χ3v) is 11.6. The molecule has 0 spiro atoms. The van der Waals surface area contributed by atoms with Gasteiger partial charge in [0.05, 0.1) is 5.41 Å². The Morgan fingerprint density at radius 2 is 1.28 bits per heavy atom. The van der Waals surface area contributed by atoms with Gasteiger partial charge in [0, 0.05) is 0 Å². The fourth-order valence-corrected chi connectivity index (χ4v) is 8.86. The number of carboxylic acids is 1. The molecule has 0 saturated heterocycles. The van der Waals surface area contributed by atoms with E-state index in [1.165, 1.54) is 22.5 Å². The summed E-state index contributed by atoms with van der Waals surface area (Å²) in [7, 11) is -1.78. The van der Waals surface area contributed by atoms with E-state index < -0.39 is 19.7 Å². The Kier molecular flexibility index (Phi) is 9.61. The Balaban J connectivity index is 0.000000697. The molecule has 0 aliphatic heterocycles. The van der Waals surface area contributed by atoms with Crippen LogP contribution in [0.2, 0.25) is 16.6 Å². The first-order chi connectivity index (χ1) is 11.2. The van der Waals surface area contributed by atoms with Gasteiger partial charge in [-0.25, -0.2) is 0 Å². The van der Waals surface area contributed by atoms with Crippen LogP contribution in [0.3, 0.4) is 0 Å². The van der Waals surface area contributed by atoms with Crippen LogP contribution < -0.4 is 8.58 Å². The average Bonchev–Trinajstić information content (AvgIpc) is 2.45. The summed E-state index contributed by atoms with van der Waals surface area (Å²) in [6.45, 7) is 18.9. The Hall–Kier alpha value is -0.670. The van der Waals surface area contributed by atoms with Gasteiger partial charge in [0.2, 0.25) is 0 Å². The Bertz CT molecular complexity index is 509. The van der Waals surface area contributed by atoms with Gasteiger partial charge >= 0.3 is 129 Å². The molecule has 139 valence electrons. The second kappa shape index (κ2) is 9.87. The van der Waals surface area contributed by atoms with Crippen molar-refractivity contribution in [1.82, 2.24) is 0 Å². The van der Waals surface area contributed by atoms with Crippen molar-refractivity contribution in [3.05, 3.63) is 24.3 Å². The molecule has 0 heterocycles. The predicted octanol–water partition coefficient (Wildman–Crippen LogP) is 5.53. The summed E-state index contributed by atoms with van der Waals surface area (Å²) < 4.78 is 8.00. The second-order valence-electron chi connectivity index (χ2n) is 8.62. The van der Waals surface area contributed by atoms with Crippen LogP contribution in [0, 0.1) is 5.41 Å². The van der Waals surface area contributed by atoms with Crippen LogP contribution in [0.4, 0.5) is 0 Å². The summed E-state index contributed by atoms with van der Waals surface area (Å²) in [5.41, 5.74) is 1.31. The molecule has 1 rings (SSSR count). The van der Waals surface area contributed by atoms with Gasteiger partial charge < -0.3 is 5.11 Å². The minimum atomic E-state index is -1.78. The number of carbonyl (C=O) groups is 1. The first kappa shape index (κ1) is 24.3. The second-order valence-corrected chi connectivity index (χ2v) is 15.7. The van der Waals surface area contributed by atoms with Crippen molar-refractivity contribution in [2.75, 3.05) is 0 Å². The molecular formula is C20H35O3SiZn. The van der Waals surface area contributed by atoms with E-state index in [0.717, 1.165) is 5.75 Å². The van der Waals surface area contributed by atoms with Crippen molar-refractivity contribution in [2.45, 2.75) is 78.9 Å². The summed E-state index contributed by atoms with van der Waals surface area (Å²) in [4.78, 5) is 10.0. The summed E-state index contributed by atoms with van der Waals surface area (Å²) >= 11 is 1.21. The monoisotopic (exact) mass is 415 g/mol. The molecule has 0 saturated carbocycles. The van der Waals surface area contributed by atoms with E-state index in [0.29, 0.717) is 16.6 Å². The number of hydrogen-bond donors (Lipinski definition) is 1. The van der Waals surface area contributed by atoms with E-state index >= 15 is 0 Å². The van der Waals surface area contributed by atoms with Crippen molar-refractivity contribution in [3.8, 4) is 5.75 Å². The molecular weight excluding hydrogens is 382 g/mol. The zero-order chi connectivity index (χ0) is 20.0. The van der Waals surface area contributed by atoms with E-state index in [1.807, 2.05) is 0 Å². The normalized spacial score (nSPS) is 12.2. The molecule has 0 bridgehead atoms. The van der Waals surface area contributed by atoms with Gasteiger partial charge in [-0.05, 0) is 20.8 Å². The van der Waals surface area contributed by atoms with Crippen LogP contribution in [-0.2, 0) is 23.1 Å². The number of hydrogen-bond acceptors (Lipinski definition) is 2. The molecule has 0 unspecified atom stereocenters. The van der Waals surface area contributed by atoms with Crippen molar-refractivity contribution in [1.29, 1.82) is 0 Å². The van der Waals surface area contributed by atoms with Crippen molar-refractivity contribution in [2.24, 2.45) is 5.41 Å². The maximum atomic E-state index is 10.0. The fourth-order valence-electron chi connectivity index (χ4n) is 3.12. The Labute approximate surface area is 165 Å². The minimum absolute atomic E-state index is 0.583. The average molecular weight is 417 g/mol. The van der Waals surface area contributed by atoms with Gasteiger partial charge in [0.1, 0.15) is 0 Å².